The van der Waals surface area contributed by atoms with Gasteiger partial charge in [-0.05, 0) is 0 Å². The average Bonchev–Trinajstić information content (AvgIpc) is 1.97. The van der Waals surface area contributed by atoms with E-state index in [-0.39, 0.29) is 26.8 Å². The van der Waals surface area contributed by atoms with Crippen LogP contribution < -0.4 is 11.0 Å². The molecule has 0 saturated heterocycles. The molecule has 1 rings (SSSR count). The highest BCUT2D eigenvalue weighted by Crippen LogP contribution is 2.34. The smallest absolute Gasteiger partial charge is 0.156 e. The number of nitrogens with two attached hydrogens (primary N) is 1. The summed E-state index contributed by atoms with van der Waals surface area (Å²) in [6.45, 7) is 0. The van der Waals surface area contributed by atoms with E-state index in [9.17, 15) is 0 Å². The lowest BCUT2D eigenvalue weighted by Crippen LogP contribution is -2.14. The SMILES string of the molecule is Nc1ncc(Cl)c(Cl)c1N(O)O. The van der Waals surface area contributed by atoms with Crippen molar-refractivity contribution in [2.75, 3.05) is 11.0 Å². The van der Waals surface area contributed by atoms with Crippen molar-refractivity contribution < 1.29 is 10.4 Å². The van der Waals surface area contributed by atoms with E-state index in [4.69, 9.17) is 39.4 Å². The standard InChI is InChI=1S/C5H5Cl2N3O2/c6-2-1-9-5(8)4(3(2)7)10(11)12/h1,11-12H,(H2,8,9). The lowest BCUT2D eigenvalue weighted by Gasteiger charge is -2.11. The minimum Gasteiger partial charge on any atom is -0.382 e. The predicted octanol–water partition coefficient (Wildman–Crippen LogP) is 1.56. The molecular weight excluding hydrogens is 205 g/mol. The topological polar surface area (TPSA) is 82.6 Å². The molecule has 1 aromatic heterocycles. The summed E-state index contributed by atoms with van der Waals surface area (Å²) in [4.78, 5) is 3.56. The van der Waals surface area contributed by atoms with Crippen LogP contribution in [0.4, 0.5) is 11.5 Å². The maximum absolute atomic E-state index is 8.64. The molecule has 7 heteroatoms. The lowest BCUT2D eigenvalue weighted by molar-refractivity contribution is 0.0295. The van der Waals surface area contributed by atoms with E-state index in [0.29, 0.717) is 0 Å². The van der Waals surface area contributed by atoms with Gasteiger partial charge in [0.25, 0.3) is 0 Å². The maximum Gasteiger partial charge on any atom is 0.156 e. The number of nitrogen functional groups attached to an aromatic ring is 1. The van der Waals surface area contributed by atoms with Crippen LogP contribution in [0.15, 0.2) is 6.20 Å². The first-order chi connectivity index (χ1) is 5.54. The van der Waals surface area contributed by atoms with Gasteiger partial charge >= 0.3 is 0 Å². The summed E-state index contributed by atoms with van der Waals surface area (Å²) in [6.07, 6.45) is 1.21. The largest absolute Gasteiger partial charge is 0.382 e. The van der Waals surface area contributed by atoms with Crippen molar-refractivity contribution in [1.82, 2.24) is 4.98 Å². The average molecular weight is 210 g/mol. The Bertz CT molecular complexity index is 305. The van der Waals surface area contributed by atoms with Gasteiger partial charge in [-0.1, -0.05) is 23.2 Å². The molecule has 4 N–H and O–H groups in total. The molecule has 0 atom stereocenters. The molecule has 0 saturated carbocycles. The molecular formula is C5H5Cl2N3O2. The van der Waals surface area contributed by atoms with Crippen LogP contribution in [0.25, 0.3) is 0 Å². The summed E-state index contributed by atoms with van der Waals surface area (Å²) in [7, 11) is 0. The van der Waals surface area contributed by atoms with Crippen LogP contribution in [0, 0.1) is 0 Å². The minimum absolute atomic E-state index is 0.0610. The molecule has 5 nitrogen and oxygen atoms in total. The second-order valence-electron chi connectivity index (χ2n) is 1.94. The number of hydrogen-bond acceptors (Lipinski definition) is 5. The molecule has 0 bridgehead atoms. The molecule has 0 aliphatic heterocycles. The van der Waals surface area contributed by atoms with Crippen LogP contribution in [0.3, 0.4) is 0 Å². The number of nitrogens with zero attached hydrogens (tertiary/aromatic N) is 2. The van der Waals surface area contributed by atoms with Crippen LogP contribution >= 0.6 is 23.2 Å². The fourth-order valence-electron chi connectivity index (χ4n) is 0.660. The van der Waals surface area contributed by atoms with Gasteiger partial charge in [0.15, 0.2) is 11.5 Å². The zero-order chi connectivity index (χ0) is 9.30. The molecule has 1 heterocycles. The minimum atomic E-state index is -0.232. The predicted molar refractivity (Wildman–Crippen MR) is 44.7 cm³/mol. The van der Waals surface area contributed by atoms with Crippen molar-refractivity contribution in [3.8, 4) is 0 Å². The third kappa shape index (κ3) is 1.54. The number of pyridine rings is 1. The fourth-order valence-corrected chi connectivity index (χ4v) is 1.02. The van der Waals surface area contributed by atoms with Gasteiger partial charge in [-0.2, -0.15) is 0 Å². The quantitative estimate of drug-likeness (QED) is 0.612. The van der Waals surface area contributed by atoms with Gasteiger partial charge in [-0.3, -0.25) is 10.4 Å². The van der Waals surface area contributed by atoms with E-state index in [0.717, 1.165) is 0 Å². The van der Waals surface area contributed by atoms with Gasteiger partial charge in [0.1, 0.15) is 0 Å². The Morgan fingerprint density at radius 2 is 2.00 bits per heavy atom. The summed E-state index contributed by atoms with van der Waals surface area (Å²) in [5.41, 5.74) is 5.04. The van der Waals surface area contributed by atoms with E-state index in [2.05, 4.69) is 4.98 Å². The first-order valence-electron chi connectivity index (χ1n) is 2.81. The van der Waals surface area contributed by atoms with E-state index >= 15 is 0 Å². The Labute approximate surface area is 77.9 Å². The first-order valence-corrected chi connectivity index (χ1v) is 3.57. The number of anilines is 2. The molecule has 0 unspecified atom stereocenters. The van der Waals surface area contributed by atoms with Crippen molar-refractivity contribution in [3.63, 3.8) is 0 Å². The maximum atomic E-state index is 8.64. The first kappa shape index (κ1) is 9.34. The Hall–Kier alpha value is -0.750. The Morgan fingerprint density at radius 3 is 2.42 bits per heavy atom. The van der Waals surface area contributed by atoms with Gasteiger partial charge in [0.2, 0.25) is 0 Å². The molecule has 66 valence electrons. The monoisotopic (exact) mass is 209 g/mol. The second-order valence-corrected chi connectivity index (χ2v) is 2.73. The second kappa shape index (κ2) is 3.32. The van der Waals surface area contributed by atoms with Crippen molar-refractivity contribution in [2.24, 2.45) is 0 Å². The zero-order valence-corrected chi connectivity index (χ0v) is 7.21. The summed E-state index contributed by atoms with van der Waals surface area (Å²) in [6, 6.07) is 0. The van der Waals surface area contributed by atoms with Crippen LogP contribution in [-0.2, 0) is 0 Å². The van der Waals surface area contributed by atoms with E-state index < -0.39 is 0 Å². The summed E-state index contributed by atoms with van der Waals surface area (Å²) in [5, 5.41) is 17.1. The number of aromatic nitrogens is 1. The summed E-state index contributed by atoms with van der Waals surface area (Å²) < 4.78 is 0. The molecule has 0 fully saturated rings. The van der Waals surface area contributed by atoms with Crippen molar-refractivity contribution in [1.29, 1.82) is 0 Å². The third-order valence-electron chi connectivity index (χ3n) is 1.18. The molecule has 0 radical (unpaired) electrons. The third-order valence-corrected chi connectivity index (χ3v) is 1.94. The highest BCUT2D eigenvalue weighted by molar-refractivity contribution is 6.43. The van der Waals surface area contributed by atoms with E-state index in [1.54, 1.807) is 0 Å². The number of hydrogen-bond donors (Lipinski definition) is 3. The van der Waals surface area contributed by atoms with Gasteiger partial charge in [-0.15, -0.1) is 5.23 Å². The summed E-state index contributed by atoms with van der Waals surface area (Å²) >= 11 is 11.1. The van der Waals surface area contributed by atoms with Crippen molar-refractivity contribution >= 4 is 34.7 Å². The van der Waals surface area contributed by atoms with Crippen LogP contribution in [0.5, 0.6) is 0 Å². The fraction of sp³-hybridized carbons (Fsp3) is 0. The molecule has 0 spiro atoms. The molecule has 0 aliphatic carbocycles. The number of rotatable bonds is 1. The van der Waals surface area contributed by atoms with Crippen molar-refractivity contribution in [2.45, 2.75) is 0 Å². The highest BCUT2D eigenvalue weighted by atomic mass is 35.5. The van der Waals surface area contributed by atoms with Crippen LogP contribution in [-0.4, -0.2) is 15.4 Å². The summed E-state index contributed by atoms with van der Waals surface area (Å²) in [5.74, 6) is -0.116. The van der Waals surface area contributed by atoms with Gasteiger partial charge in [0, 0.05) is 6.20 Å². The molecule has 0 aliphatic rings. The van der Waals surface area contributed by atoms with Gasteiger partial charge in [-0.25, -0.2) is 4.98 Å². The van der Waals surface area contributed by atoms with E-state index in [1.807, 2.05) is 0 Å². The number of halogens is 2. The Balaban J connectivity index is 3.33. The van der Waals surface area contributed by atoms with Gasteiger partial charge in [0.05, 0.1) is 10.0 Å². The van der Waals surface area contributed by atoms with E-state index in [1.165, 1.54) is 6.20 Å². The highest BCUT2D eigenvalue weighted by Gasteiger charge is 2.14. The van der Waals surface area contributed by atoms with Crippen LogP contribution in [0.1, 0.15) is 0 Å². The normalized spacial score (nSPS) is 10.0. The molecule has 12 heavy (non-hydrogen) atoms. The molecule has 1 aromatic rings. The Kier molecular flexibility index (Phi) is 2.58. The van der Waals surface area contributed by atoms with Crippen molar-refractivity contribution in [3.05, 3.63) is 16.2 Å². The molecule has 0 amide bonds. The molecule has 0 aromatic carbocycles. The van der Waals surface area contributed by atoms with Crippen LogP contribution in [0.2, 0.25) is 10.0 Å². The lowest BCUT2D eigenvalue weighted by atomic mass is 10.4. The van der Waals surface area contributed by atoms with Gasteiger partial charge < -0.3 is 5.73 Å². The Morgan fingerprint density at radius 1 is 1.42 bits per heavy atom. The zero-order valence-electron chi connectivity index (χ0n) is 5.70.